The largest absolute Gasteiger partial charge is 0.535 e. The van der Waals surface area contributed by atoms with Gasteiger partial charge in [0.05, 0.1) is 6.04 Å². The minimum atomic E-state index is -1.13. The lowest BCUT2D eigenvalue weighted by atomic mass is 9.76. The Kier molecular flexibility index (Phi) is 4.27. The van der Waals surface area contributed by atoms with Gasteiger partial charge in [0.25, 0.3) is 0 Å². The summed E-state index contributed by atoms with van der Waals surface area (Å²) in [5, 5.41) is 23.1. The molecule has 0 radical (unpaired) electrons. The fourth-order valence-electron chi connectivity index (χ4n) is 5.13. The molecular formula is C19H24BN3O6. The third-order valence-corrected chi connectivity index (χ3v) is 6.88. The van der Waals surface area contributed by atoms with Crippen molar-refractivity contribution in [3.63, 3.8) is 0 Å². The van der Waals surface area contributed by atoms with Crippen LogP contribution in [0.1, 0.15) is 35.2 Å². The number of fused-ring (bicyclic) bond motifs is 3. The maximum absolute atomic E-state index is 12.0. The number of aromatic carboxylic acids is 1. The topological polar surface area (TPSA) is 134 Å². The average molecular weight is 401 g/mol. The SMILES string of the molecule is CC1C2B(O)Oc3c(ccc(OC4CN([C@@H]5CN[C@@H](C(N)=O)C5)C4)c3C(=O)O)C12. The highest BCUT2D eigenvalue weighted by Crippen LogP contribution is 2.65. The Balaban J connectivity index is 1.29. The number of carboxylic acid groups (broad SMARTS) is 1. The molecule has 3 unspecified atom stereocenters. The number of nitrogens with zero attached hydrogens (tertiary/aromatic N) is 1. The Morgan fingerprint density at radius 2 is 2.14 bits per heavy atom. The van der Waals surface area contributed by atoms with Crippen LogP contribution < -0.4 is 20.4 Å². The van der Waals surface area contributed by atoms with Crippen LogP contribution in [0.2, 0.25) is 5.82 Å². The number of nitrogens with two attached hydrogens (primary N) is 1. The second kappa shape index (κ2) is 6.61. The fourth-order valence-corrected chi connectivity index (χ4v) is 5.13. The molecule has 1 aromatic rings. The summed E-state index contributed by atoms with van der Waals surface area (Å²) in [6, 6.07) is 3.49. The monoisotopic (exact) mass is 401 g/mol. The van der Waals surface area contributed by atoms with Crippen molar-refractivity contribution in [2.24, 2.45) is 11.7 Å². The van der Waals surface area contributed by atoms with E-state index in [2.05, 4.69) is 10.2 Å². The quantitative estimate of drug-likeness (QED) is 0.492. The molecular weight excluding hydrogens is 377 g/mol. The van der Waals surface area contributed by atoms with E-state index < -0.39 is 13.1 Å². The van der Waals surface area contributed by atoms with Crippen LogP contribution >= 0.6 is 0 Å². The first-order valence-corrected chi connectivity index (χ1v) is 10.0. The summed E-state index contributed by atoms with van der Waals surface area (Å²) in [5.41, 5.74) is 6.17. The first kappa shape index (κ1) is 18.7. The highest BCUT2D eigenvalue weighted by atomic mass is 16.5. The van der Waals surface area contributed by atoms with Crippen LogP contribution in [0.4, 0.5) is 0 Å². The number of amides is 1. The Labute approximate surface area is 168 Å². The molecule has 0 spiro atoms. The number of likely N-dealkylation sites (tertiary alicyclic amines) is 1. The van der Waals surface area contributed by atoms with Gasteiger partial charge in [-0.05, 0) is 29.9 Å². The van der Waals surface area contributed by atoms with E-state index in [4.69, 9.17) is 15.1 Å². The predicted molar refractivity (Wildman–Crippen MR) is 103 cm³/mol. The molecule has 10 heteroatoms. The Hall–Kier alpha value is -2.30. The van der Waals surface area contributed by atoms with Crippen LogP contribution in [0.25, 0.3) is 0 Å². The van der Waals surface area contributed by atoms with Crippen molar-refractivity contribution in [2.75, 3.05) is 19.6 Å². The Morgan fingerprint density at radius 3 is 2.79 bits per heavy atom. The number of carbonyl (C=O) groups is 2. The number of hydrogen-bond acceptors (Lipinski definition) is 7. The summed E-state index contributed by atoms with van der Waals surface area (Å²) >= 11 is 0. The maximum atomic E-state index is 12.0. The van der Waals surface area contributed by atoms with Crippen molar-refractivity contribution in [3.05, 3.63) is 23.3 Å². The van der Waals surface area contributed by atoms with E-state index in [9.17, 15) is 19.7 Å². The molecule has 4 aliphatic rings. The highest BCUT2D eigenvalue weighted by Gasteiger charge is 2.60. The first-order valence-electron chi connectivity index (χ1n) is 10.0. The number of primary amides is 1. The lowest BCUT2D eigenvalue weighted by Gasteiger charge is -2.42. The summed E-state index contributed by atoms with van der Waals surface area (Å²) in [4.78, 5) is 25.5. The molecule has 0 aromatic heterocycles. The van der Waals surface area contributed by atoms with Gasteiger partial charge in [0.2, 0.25) is 5.91 Å². The molecule has 2 saturated heterocycles. The minimum absolute atomic E-state index is 0.0196. The van der Waals surface area contributed by atoms with Crippen LogP contribution in [0.3, 0.4) is 0 Å². The summed E-state index contributed by atoms with van der Waals surface area (Å²) in [6.07, 6.45) is 0.535. The smallest absolute Gasteiger partial charge is 0.526 e. The molecule has 3 aliphatic heterocycles. The number of nitrogens with one attached hydrogen (secondary N) is 1. The lowest BCUT2D eigenvalue weighted by Crippen LogP contribution is -2.58. The molecule has 1 amide bonds. The summed E-state index contributed by atoms with van der Waals surface area (Å²) < 4.78 is 11.6. The summed E-state index contributed by atoms with van der Waals surface area (Å²) in [7, 11) is -0.983. The van der Waals surface area contributed by atoms with Crippen molar-refractivity contribution < 1.29 is 29.1 Å². The second-order valence-corrected chi connectivity index (χ2v) is 8.58. The second-order valence-electron chi connectivity index (χ2n) is 8.58. The van der Waals surface area contributed by atoms with E-state index in [1.807, 2.05) is 13.0 Å². The van der Waals surface area contributed by atoms with Crippen molar-refractivity contribution in [2.45, 2.75) is 43.3 Å². The van der Waals surface area contributed by atoms with Crippen LogP contribution in [0, 0.1) is 5.92 Å². The van der Waals surface area contributed by atoms with E-state index in [0.29, 0.717) is 26.1 Å². The Morgan fingerprint density at radius 1 is 1.38 bits per heavy atom. The molecule has 5 atom stereocenters. The average Bonchev–Trinajstić information content (AvgIpc) is 3.09. The van der Waals surface area contributed by atoms with Crippen LogP contribution in [0.15, 0.2) is 12.1 Å². The van der Waals surface area contributed by atoms with E-state index in [0.717, 1.165) is 5.56 Å². The van der Waals surface area contributed by atoms with Crippen LogP contribution in [-0.4, -0.2) is 71.8 Å². The molecule has 1 aliphatic carbocycles. The van der Waals surface area contributed by atoms with Gasteiger partial charge in [0, 0.05) is 31.5 Å². The molecule has 9 nitrogen and oxygen atoms in total. The van der Waals surface area contributed by atoms with Crippen molar-refractivity contribution >= 4 is 19.0 Å². The van der Waals surface area contributed by atoms with E-state index in [1.165, 1.54) is 0 Å². The van der Waals surface area contributed by atoms with Gasteiger partial charge < -0.3 is 30.6 Å². The lowest BCUT2D eigenvalue weighted by molar-refractivity contribution is -0.119. The van der Waals surface area contributed by atoms with Gasteiger partial charge in [-0.2, -0.15) is 0 Å². The van der Waals surface area contributed by atoms with E-state index in [1.54, 1.807) is 6.07 Å². The van der Waals surface area contributed by atoms with Gasteiger partial charge in [0.15, 0.2) is 0 Å². The molecule has 1 saturated carbocycles. The molecule has 0 bridgehead atoms. The van der Waals surface area contributed by atoms with Crippen molar-refractivity contribution in [3.8, 4) is 11.5 Å². The number of benzene rings is 1. The zero-order valence-electron chi connectivity index (χ0n) is 16.1. The van der Waals surface area contributed by atoms with Gasteiger partial charge in [-0.15, -0.1) is 0 Å². The van der Waals surface area contributed by atoms with E-state index >= 15 is 0 Å². The van der Waals surface area contributed by atoms with Gasteiger partial charge in [0.1, 0.15) is 23.2 Å². The first-order chi connectivity index (χ1) is 13.8. The van der Waals surface area contributed by atoms with Gasteiger partial charge in [-0.25, -0.2) is 4.79 Å². The highest BCUT2D eigenvalue weighted by molar-refractivity contribution is 6.48. The maximum Gasteiger partial charge on any atom is 0.526 e. The normalized spacial score (nSPS) is 33.3. The third-order valence-electron chi connectivity index (χ3n) is 6.88. The minimum Gasteiger partial charge on any atom is -0.535 e. The Bertz CT molecular complexity index is 876. The van der Waals surface area contributed by atoms with Gasteiger partial charge in [-0.3, -0.25) is 9.69 Å². The molecule has 3 fully saturated rings. The van der Waals surface area contributed by atoms with Crippen molar-refractivity contribution in [1.82, 2.24) is 10.2 Å². The van der Waals surface area contributed by atoms with Crippen LogP contribution in [-0.2, 0) is 4.79 Å². The molecule has 29 heavy (non-hydrogen) atoms. The zero-order chi connectivity index (χ0) is 20.4. The molecule has 1 aromatic carbocycles. The molecule has 154 valence electrons. The number of carbonyl (C=O) groups excluding carboxylic acids is 1. The number of hydrogen-bond donors (Lipinski definition) is 4. The molecule has 5 rings (SSSR count). The number of ether oxygens (including phenoxy) is 1. The predicted octanol–water partition coefficient (Wildman–Crippen LogP) is -0.360. The fraction of sp³-hybridized carbons (Fsp3) is 0.579. The number of rotatable bonds is 5. The summed E-state index contributed by atoms with van der Waals surface area (Å²) in [5.74, 6) is -0.544. The molecule has 5 N–H and O–H groups in total. The van der Waals surface area contributed by atoms with Gasteiger partial charge in [-0.1, -0.05) is 13.0 Å². The van der Waals surface area contributed by atoms with E-state index in [-0.39, 0.29) is 58.8 Å². The van der Waals surface area contributed by atoms with Crippen molar-refractivity contribution in [1.29, 1.82) is 0 Å². The standard InChI is InChI=1S/C19H24BN3O6/c1-8-14-11-2-3-13(15(19(25)26)17(11)29-20(27)16(8)14)28-10-6-23(7-10)9-4-12(18(21)24)22-5-9/h2-3,8-10,12,14,16,22,27H,4-7H2,1H3,(H2,21,24)(H,25,26)/t8?,9-,12+,14?,16?/m0/s1. The molecule has 3 heterocycles. The summed E-state index contributed by atoms with van der Waals surface area (Å²) in [6.45, 7) is 4.04. The third kappa shape index (κ3) is 2.97. The number of carboxylic acids is 1. The van der Waals surface area contributed by atoms with Crippen LogP contribution in [0.5, 0.6) is 11.5 Å². The zero-order valence-corrected chi connectivity index (χ0v) is 16.1. The van der Waals surface area contributed by atoms with Gasteiger partial charge >= 0.3 is 13.1 Å².